The summed E-state index contributed by atoms with van der Waals surface area (Å²) in [7, 11) is 0. The highest BCUT2D eigenvalue weighted by Gasteiger charge is 2.14. The summed E-state index contributed by atoms with van der Waals surface area (Å²) in [4.78, 5) is 12.0. The summed E-state index contributed by atoms with van der Waals surface area (Å²) >= 11 is 0. The first kappa shape index (κ1) is 16.7. The fourth-order valence-electron chi connectivity index (χ4n) is 2.17. The number of unbranched alkanes of at least 4 members (excludes halogenated alkanes) is 4. The molecule has 2 heteroatoms. The molecule has 0 spiro atoms. The van der Waals surface area contributed by atoms with Gasteiger partial charge in [0, 0.05) is 11.1 Å². The van der Waals surface area contributed by atoms with E-state index in [9.17, 15) is 4.79 Å². The number of carbonyl (C=O) groups excluding carboxylic acids is 1. The normalized spacial score (nSPS) is 11.4. The Hall–Kier alpha value is -1.31. The zero-order chi connectivity index (χ0) is 15.0. The van der Waals surface area contributed by atoms with Crippen LogP contribution in [0, 0.1) is 0 Å². The van der Waals surface area contributed by atoms with Gasteiger partial charge < -0.3 is 5.32 Å². The lowest BCUT2D eigenvalue weighted by Crippen LogP contribution is -2.40. The predicted octanol–water partition coefficient (Wildman–Crippen LogP) is 4.73. The van der Waals surface area contributed by atoms with Crippen molar-refractivity contribution in [3.05, 3.63) is 35.4 Å². The second-order valence-corrected chi connectivity index (χ2v) is 6.57. The lowest BCUT2D eigenvalue weighted by atomic mass is 10.0. The van der Waals surface area contributed by atoms with Gasteiger partial charge in [-0.05, 0) is 51.3 Å². The summed E-state index contributed by atoms with van der Waals surface area (Å²) in [6.45, 7) is 8.22. The van der Waals surface area contributed by atoms with Crippen LogP contribution in [0.15, 0.2) is 24.3 Å². The molecule has 0 aromatic heterocycles. The quantitative estimate of drug-likeness (QED) is 0.716. The van der Waals surface area contributed by atoms with E-state index in [0.717, 1.165) is 12.0 Å². The van der Waals surface area contributed by atoms with E-state index >= 15 is 0 Å². The maximum Gasteiger partial charge on any atom is 0.251 e. The van der Waals surface area contributed by atoms with Crippen molar-refractivity contribution >= 4 is 5.91 Å². The highest BCUT2D eigenvalue weighted by molar-refractivity contribution is 5.94. The van der Waals surface area contributed by atoms with E-state index in [4.69, 9.17) is 0 Å². The molecule has 1 aromatic rings. The van der Waals surface area contributed by atoms with E-state index in [-0.39, 0.29) is 11.4 Å². The monoisotopic (exact) mass is 275 g/mol. The zero-order valence-electron chi connectivity index (χ0n) is 13.5. The molecule has 0 aliphatic heterocycles. The summed E-state index contributed by atoms with van der Waals surface area (Å²) in [6.07, 6.45) is 7.63. The Labute approximate surface area is 124 Å². The Morgan fingerprint density at radius 1 is 1.00 bits per heavy atom. The lowest BCUT2D eigenvalue weighted by molar-refractivity contribution is 0.0919. The predicted molar refractivity (Wildman–Crippen MR) is 86.1 cm³/mol. The molecular weight excluding hydrogens is 246 g/mol. The molecule has 0 radical (unpaired) electrons. The van der Waals surface area contributed by atoms with E-state index in [2.05, 4.69) is 24.4 Å². The Bertz CT molecular complexity index is 400. The number of aryl methyl sites for hydroxylation is 1. The van der Waals surface area contributed by atoms with Crippen LogP contribution in [0.2, 0.25) is 0 Å². The van der Waals surface area contributed by atoms with Crippen molar-refractivity contribution in [2.24, 2.45) is 0 Å². The Morgan fingerprint density at radius 2 is 1.60 bits per heavy atom. The number of nitrogens with one attached hydrogen (secondary N) is 1. The van der Waals surface area contributed by atoms with Gasteiger partial charge in [-0.15, -0.1) is 0 Å². The molecule has 1 N–H and O–H groups in total. The minimum Gasteiger partial charge on any atom is -0.347 e. The van der Waals surface area contributed by atoms with E-state index < -0.39 is 0 Å². The van der Waals surface area contributed by atoms with Crippen molar-refractivity contribution < 1.29 is 4.79 Å². The van der Waals surface area contributed by atoms with E-state index in [1.54, 1.807) is 0 Å². The molecule has 0 aliphatic rings. The molecule has 0 unspecified atom stereocenters. The maximum absolute atomic E-state index is 12.0. The number of rotatable bonds is 7. The molecular formula is C18H29NO. The van der Waals surface area contributed by atoms with Crippen LogP contribution in [0.3, 0.4) is 0 Å². The Kier molecular flexibility index (Phi) is 6.77. The fourth-order valence-corrected chi connectivity index (χ4v) is 2.17. The molecule has 112 valence electrons. The van der Waals surface area contributed by atoms with Gasteiger partial charge in [0.25, 0.3) is 5.91 Å². The molecule has 0 saturated heterocycles. The third-order valence-electron chi connectivity index (χ3n) is 3.27. The molecule has 1 amide bonds. The second-order valence-electron chi connectivity index (χ2n) is 6.57. The van der Waals surface area contributed by atoms with Gasteiger partial charge in [-0.2, -0.15) is 0 Å². The van der Waals surface area contributed by atoms with Gasteiger partial charge in [0.15, 0.2) is 0 Å². The fraction of sp³-hybridized carbons (Fsp3) is 0.611. The first-order chi connectivity index (χ1) is 9.42. The summed E-state index contributed by atoms with van der Waals surface area (Å²) in [5.41, 5.74) is 1.89. The molecule has 0 aliphatic carbocycles. The highest BCUT2D eigenvalue weighted by Crippen LogP contribution is 2.11. The molecule has 1 rings (SSSR count). The number of hydrogen-bond donors (Lipinski definition) is 1. The average Bonchev–Trinajstić information content (AvgIpc) is 2.37. The summed E-state index contributed by atoms with van der Waals surface area (Å²) in [5, 5.41) is 2.98. The summed E-state index contributed by atoms with van der Waals surface area (Å²) in [6, 6.07) is 8.03. The van der Waals surface area contributed by atoms with Crippen molar-refractivity contribution in [1.82, 2.24) is 5.32 Å². The third-order valence-corrected chi connectivity index (χ3v) is 3.27. The topological polar surface area (TPSA) is 29.1 Å². The number of carbonyl (C=O) groups is 1. The minimum atomic E-state index is -0.185. The largest absolute Gasteiger partial charge is 0.347 e. The van der Waals surface area contributed by atoms with Crippen molar-refractivity contribution in [2.45, 2.75) is 71.8 Å². The van der Waals surface area contributed by atoms with Gasteiger partial charge in [-0.25, -0.2) is 0 Å². The van der Waals surface area contributed by atoms with Gasteiger partial charge in [0.05, 0.1) is 0 Å². The van der Waals surface area contributed by atoms with E-state index in [1.807, 2.05) is 32.9 Å². The van der Waals surface area contributed by atoms with Crippen LogP contribution in [-0.4, -0.2) is 11.4 Å². The molecule has 0 bridgehead atoms. The maximum atomic E-state index is 12.0. The first-order valence-corrected chi connectivity index (χ1v) is 7.84. The molecule has 1 aromatic carbocycles. The highest BCUT2D eigenvalue weighted by atomic mass is 16.1. The third kappa shape index (κ3) is 6.74. The summed E-state index contributed by atoms with van der Waals surface area (Å²) in [5.74, 6) is 0.00648. The van der Waals surface area contributed by atoms with E-state index in [1.165, 1.54) is 37.7 Å². The van der Waals surface area contributed by atoms with Crippen LogP contribution >= 0.6 is 0 Å². The number of hydrogen-bond acceptors (Lipinski definition) is 1. The second kappa shape index (κ2) is 8.08. The van der Waals surface area contributed by atoms with Crippen molar-refractivity contribution in [3.63, 3.8) is 0 Å². The van der Waals surface area contributed by atoms with Gasteiger partial charge in [-0.3, -0.25) is 4.79 Å². The van der Waals surface area contributed by atoms with Crippen LogP contribution in [-0.2, 0) is 6.42 Å². The van der Waals surface area contributed by atoms with Gasteiger partial charge >= 0.3 is 0 Å². The lowest BCUT2D eigenvalue weighted by Gasteiger charge is -2.20. The molecule has 0 saturated carbocycles. The summed E-state index contributed by atoms with van der Waals surface area (Å²) < 4.78 is 0. The molecule has 0 heterocycles. The molecule has 2 nitrogen and oxygen atoms in total. The molecule has 0 atom stereocenters. The van der Waals surface area contributed by atoms with Crippen molar-refractivity contribution in [2.75, 3.05) is 0 Å². The number of amides is 1. The van der Waals surface area contributed by atoms with Crippen LogP contribution in [0.25, 0.3) is 0 Å². The van der Waals surface area contributed by atoms with Crippen molar-refractivity contribution in [3.8, 4) is 0 Å². The minimum absolute atomic E-state index is 0.00648. The van der Waals surface area contributed by atoms with Gasteiger partial charge in [0.2, 0.25) is 0 Å². The standard InChI is InChI=1S/C18H29NO/c1-5-6-7-8-9-10-15-11-13-16(14-12-15)17(20)19-18(2,3)4/h11-14H,5-10H2,1-4H3,(H,19,20). The van der Waals surface area contributed by atoms with Crippen LogP contribution in [0.5, 0.6) is 0 Å². The molecule has 20 heavy (non-hydrogen) atoms. The van der Waals surface area contributed by atoms with Crippen LogP contribution in [0.4, 0.5) is 0 Å². The Morgan fingerprint density at radius 3 is 2.15 bits per heavy atom. The Balaban J connectivity index is 2.42. The van der Waals surface area contributed by atoms with E-state index in [0.29, 0.717) is 0 Å². The SMILES string of the molecule is CCCCCCCc1ccc(C(=O)NC(C)(C)C)cc1. The van der Waals surface area contributed by atoms with Crippen LogP contribution in [0.1, 0.15) is 75.7 Å². The zero-order valence-corrected chi connectivity index (χ0v) is 13.5. The van der Waals surface area contributed by atoms with Gasteiger partial charge in [-0.1, -0.05) is 44.7 Å². The molecule has 0 fully saturated rings. The van der Waals surface area contributed by atoms with Crippen LogP contribution < -0.4 is 5.32 Å². The van der Waals surface area contributed by atoms with Crippen molar-refractivity contribution in [1.29, 1.82) is 0 Å². The smallest absolute Gasteiger partial charge is 0.251 e. The van der Waals surface area contributed by atoms with Gasteiger partial charge in [0.1, 0.15) is 0 Å². The number of benzene rings is 1. The first-order valence-electron chi connectivity index (χ1n) is 7.84. The average molecular weight is 275 g/mol.